The minimum Gasteiger partial charge on any atom is -0.394 e. The highest BCUT2D eigenvalue weighted by atomic mass is 31.2. The van der Waals surface area contributed by atoms with Gasteiger partial charge in [-0.25, -0.2) is 9.55 Å². The smallest absolute Gasteiger partial charge is 0.394 e. The maximum absolute atomic E-state index is 13.9. The summed E-state index contributed by atoms with van der Waals surface area (Å²) in [6.07, 6.45) is 5.45. The molecule has 0 unspecified atom stereocenters. The van der Waals surface area contributed by atoms with Crippen LogP contribution in [0.15, 0.2) is 42.9 Å². The number of aliphatic hydroxyl groups is 1. The number of aromatic nitrogens is 2. The summed E-state index contributed by atoms with van der Waals surface area (Å²) in [5.74, 6) is -5.07. The summed E-state index contributed by atoms with van der Waals surface area (Å²) in [6, 6.07) is 4.08. The Morgan fingerprint density at radius 1 is 0.867 bits per heavy atom. The van der Waals surface area contributed by atoms with Crippen LogP contribution in [-0.2, 0) is 55.4 Å². The number of phosphoric acid groups is 1. The van der Waals surface area contributed by atoms with E-state index in [2.05, 4.69) is 47.9 Å². The molecule has 0 spiro atoms. The molecule has 1 aromatic heterocycles. The fourth-order valence-corrected chi connectivity index (χ4v) is 6.65. The Balaban J connectivity index is 2.18. The number of phosphoric ester groups is 1. The number of rotatable bonds is 29. The number of imidazole rings is 1. The van der Waals surface area contributed by atoms with Crippen molar-refractivity contribution < 1.29 is 57.5 Å². The lowest BCUT2D eigenvalue weighted by Gasteiger charge is -2.28. The van der Waals surface area contributed by atoms with Crippen LogP contribution in [0.5, 0.6) is 0 Å². The average Bonchev–Trinajstić information content (AvgIpc) is 3.68. The van der Waals surface area contributed by atoms with E-state index in [1.807, 2.05) is 45.9 Å². The average molecular weight is 867 g/mol. The normalized spacial score (nSPS) is 14.1. The number of ether oxygens (including phenoxy) is 1. The fraction of sp³-hybridized carbons (Fsp3) is 0.615. The quantitative estimate of drug-likeness (QED) is 0.0395. The molecule has 1 aromatic carbocycles. The number of nitrogens with one attached hydrogen (secondary N) is 5. The van der Waals surface area contributed by atoms with Crippen molar-refractivity contribution in [1.82, 2.24) is 36.1 Å². The first kappa shape index (κ1) is 51.4. The molecule has 0 aliphatic carbocycles. The number of aryl methyl sites for hydroxylation is 1. The summed E-state index contributed by atoms with van der Waals surface area (Å²) in [5.41, 5.74) is 6.95. The van der Waals surface area contributed by atoms with Gasteiger partial charge in [0.1, 0.15) is 24.2 Å². The lowest BCUT2D eigenvalue weighted by Crippen LogP contribution is -2.60. The number of aromatic amines is 1. The highest BCUT2D eigenvalue weighted by Gasteiger charge is 2.35. The lowest BCUT2D eigenvalue weighted by atomic mass is 10.0. The van der Waals surface area contributed by atoms with Crippen molar-refractivity contribution in [1.29, 1.82) is 0 Å². The van der Waals surface area contributed by atoms with E-state index < -0.39 is 74.2 Å². The van der Waals surface area contributed by atoms with Crippen LogP contribution >= 0.6 is 7.82 Å². The van der Waals surface area contributed by atoms with Crippen LogP contribution in [0.4, 0.5) is 0 Å². The minimum absolute atomic E-state index is 0.0655. The molecule has 60 heavy (non-hydrogen) atoms. The Morgan fingerprint density at radius 3 is 2.08 bits per heavy atom. The van der Waals surface area contributed by atoms with Crippen molar-refractivity contribution in [2.24, 2.45) is 11.7 Å². The van der Waals surface area contributed by atoms with Crippen LogP contribution in [0.2, 0.25) is 0 Å². The molecule has 21 heteroatoms. The van der Waals surface area contributed by atoms with E-state index in [4.69, 9.17) is 20.3 Å². The molecule has 0 radical (unpaired) electrons. The van der Waals surface area contributed by atoms with Crippen LogP contribution in [0.25, 0.3) is 0 Å². The second-order valence-corrected chi connectivity index (χ2v) is 16.4. The van der Waals surface area contributed by atoms with Gasteiger partial charge in [0.2, 0.25) is 35.4 Å². The third kappa shape index (κ3) is 20.5. The zero-order valence-corrected chi connectivity index (χ0v) is 35.9. The first-order chi connectivity index (χ1) is 28.3. The second-order valence-electron chi connectivity index (χ2n) is 15.2. The van der Waals surface area contributed by atoms with Gasteiger partial charge < -0.3 is 56.5 Å². The van der Waals surface area contributed by atoms with E-state index in [9.17, 15) is 38.4 Å². The van der Waals surface area contributed by atoms with Gasteiger partial charge in [-0.1, -0.05) is 57.0 Å². The van der Waals surface area contributed by atoms with Gasteiger partial charge in [0.25, 0.3) is 0 Å². The summed E-state index contributed by atoms with van der Waals surface area (Å²) in [5, 5.41) is 19.8. The zero-order valence-electron chi connectivity index (χ0n) is 35.0. The molecular formula is C39H63N8O12P. The molecule has 2 aromatic rings. The molecule has 0 saturated heterocycles. The van der Waals surface area contributed by atoms with Crippen LogP contribution in [-0.4, -0.2) is 128 Å². The number of primary amides is 1. The molecule has 2 rings (SSSR count). The summed E-state index contributed by atoms with van der Waals surface area (Å²) < 4.78 is 21.3. The van der Waals surface area contributed by atoms with E-state index in [-0.39, 0.29) is 50.3 Å². The van der Waals surface area contributed by atoms with Crippen LogP contribution in [0, 0.1) is 5.92 Å². The van der Waals surface area contributed by atoms with Crippen molar-refractivity contribution in [3.8, 4) is 0 Å². The SMILES string of the molecule is CC(C)C[C@H](NC(=O)CN(CCCCCCc1ccccc1)C(=O)CCOC(C)C)C(=O)N[C@@H](Cc1cnc[nH]1)C(=O)N[C@@H](CO)C(=O)N[C@H](C(N)=O)[C@@H](C)OP(=O)(O)O. The van der Waals surface area contributed by atoms with Gasteiger partial charge in [-0.3, -0.25) is 33.3 Å². The number of aliphatic hydroxyl groups excluding tert-OH is 1. The van der Waals surface area contributed by atoms with E-state index in [1.165, 1.54) is 23.0 Å². The van der Waals surface area contributed by atoms with Crippen molar-refractivity contribution in [3.63, 3.8) is 0 Å². The number of nitrogens with zero attached hydrogens (tertiary/aromatic N) is 2. The highest BCUT2D eigenvalue weighted by molar-refractivity contribution is 7.46. The molecule has 0 aliphatic heterocycles. The van der Waals surface area contributed by atoms with E-state index >= 15 is 0 Å². The van der Waals surface area contributed by atoms with Gasteiger partial charge in [-0.05, 0) is 57.9 Å². The van der Waals surface area contributed by atoms with Gasteiger partial charge in [-0.2, -0.15) is 0 Å². The molecule has 336 valence electrons. The molecular weight excluding hydrogens is 803 g/mol. The Hall–Kier alpha value is -4.72. The fourth-order valence-electron chi connectivity index (χ4n) is 6.09. The highest BCUT2D eigenvalue weighted by Crippen LogP contribution is 2.38. The Bertz CT molecular complexity index is 1690. The number of H-pyrrole nitrogens is 1. The third-order valence-electron chi connectivity index (χ3n) is 9.10. The number of unbranched alkanes of at least 4 members (excludes halogenated alkanes) is 3. The standard InChI is InChI=1S/C39H63N8O12P/c1-25(2)19-30(43-33(49)22-47(34(50)16-18-58-26(3)4)17-12-7-6-9-13-28-14-10-8-11-15-28)37(52)44-31(20-29-21-41-24-42-29)38(53)45-32(23-48)39(54)46-35(36(40)51)27(5)59-60(55,56)57/h8,10-11,14-15,21,24-27,30-32,35,48H,6-7,9,12-13,16-20,22-23H2,1-5H3,(H2,40,51)(H,41,42)(H,43,49)(H,44,52)(H,45,53)(H,46,54)(H2,55,56,57)/t27-,30+,31+,32+,35+/m1/s1. The summed E-state index contributed by atoms with van der Waals surface area (Å²) >= 11 is 0. The topological polar surface area (TPSA) is 305 Å². The summed E-state index contributed by atoms with van der Waals surface area (Å²) in [7, 11) is -5.10. The third-order valence-corrected chi connectivity index (χ3v) is 9.71. The van der Waals surface area contributed by atoms with Crippen LogP contribution < -0.4 is 27.0 Å². The summed E-state index contributed by atoms with van der Waals surface area (Å²) in [4.78, 5) is 106. The van der Waals surface area contributed by atoms with Gasteiger partial charge >= 0.3 is 7.82 Å². The van der Waals surface area contributed by atoms with Crippen molar-refractivity contribution in [2.75, 3.05) is 26.3 Å². The second kappa shape index (κ2) is 26.5. The molecule has 1 heterocycles. The van der Waals surface area contributed by atoms with Gasteiger partial charge in [0.15, 0.2) is 0 Å². The number of benzene rings is 1. The number of hydrogen-bond acceptors (Lipinski definition) is 11. The van der Waals surface area contributed by atoms with Gasteiger partial charge in [-0.15, -0.1) is 0 Å². The largest absolute Gasteiger partial charge is 0.469 e. The molecule has 0 bridgehead atoms. The first-order valence-electron chi connectivity index (χ1n) is 20.0. The predicted octanol–water partition coefficient (Wildman–Crippen LogP) is 0.360. The number of hydrogen-bond donors (Lipinski definition) is 9. The Morgan fingerprint density at radius 2 is 1.50 bits per heavy atom. The van der Waals surface area contributed by atoms with Crippen molar-refractivity contribution in [2.45, 2.75) is 122 Å². The molecule has 0 saturated carbocycles. The maximum Gasteiger partial charge on any atom is 0.469 e. The zero-order chi connectivity index (χ0) is 44.8. The molecule has 0 aliphatic rings. The summed E-state index contributed by atoms with van der Waals surface area (Å²) in [6.45, 7) is 7.63. The van der Waals surface area contributed by atoms with Crippen molar-refractivity contribution in [3.05, 3.63) is 54.1 Å². The number of nitrogens with two attached hydrogens (primary N) is 1. The van der Waals surface area contributed by atoms with Crippen LogP contribution in [0.1, 0.15) is 84.4 Å². The van der Waals surface area contributed by atoms with Crippen molar-refractivity contribution >= 4 is 43.3 Å². The minimum atomic E-state index is -5.10. The molecule has 10 N–H and O–H groups in total. The van der Waals surface area contributed by atoms with E-state index in [0.29, 0.717) is 18.7 Å². The number of amides is 6. The number of carbonyl (C=O) groups excluding carboxylic acids is 6. The Kier molecular flexibility index (Phi) is 22.7. The van der Waals surface area contributed by atoms with E-state index in [0.717, 1.165) is 32.6 Å². The lowest BCUT2D eigenvalue weighted by molar-refractivity contribution is -0.138. The molecule has 5 atom stereocenters. The molecule has 6 amide bonds. The number of carbonyl (C=O) groups is 6. The van der Waals surface area contributed by atoms with Gasteiger partial charge in [0, 0.05) is 24.9 Å². The van der Waals surface area contributed by atoms with Gasteiger partial charge in [0.05, 0.1) is 44.7 Å². The molecule has 0 fully saturated rings. The van der Waals surface area contributed by atoms with E-state index in [1.54, 1.807) is 0 Å². The first-order valence-corrected chi connectivity index (χ1v) is 21.6. The predicted molar refractivity (Wildman–Crippen MR) is 219 cm³/mol. The molecule has 20 nitrogen and oxygen atoms in total. The maximum atomic E-state index is 13.9. The monoisotopic (exact) mass is 866 g/mol. The Labute approximate surface area is 350 Å². The van der Waals surface area contributed by atoms with Crippen LogP contribution in [0.3, 0.4) is 0 Å².